The summed E-state index contributed by atoms with van der Waals surface area (Å²) in [6.45, 7) is 4.70. The monoisotopic (exact) mass is 237 g/mol. The predicted octanol–water partition coefficient (Wildman–Crippen LogP) is 2.35. The first-order chi connectivity index (χ1) is 8.12. The molecule has 1 heterocycles. The van der Waals surface area contributed by atoms with Crippen molar-refractivity contribution in [3.8, 4) is 6.07 Å². The van der Waals surface area contributed by atoms with E-state index in [1.54, 1.807) is 0 Å². The molecule has 0 radical (unpaired) electrons. The molecule has 0 N–H and O–H groups in total. The lowest BCUT2D eigenvalue weighted by Crippen LogP contribution is -2.36. The molecule has 1 saturated heterocycles. The Morgan fingerprint density at radius 1 is 1.53 bits per heavy atom. The number of nitriles is 1. The number of rotatable bonds is 3. The standard InChI is InChI=1S/C13H19NO3/c1-4-13(5-2)8-10(6-7-17-13)11(9-14)12(15)16-3/h4-8H2,1-3H3/b11-10-. The summed E-state index contributed by atoms with van der Waals surface area (Å²) in [4.78, 5) is 11.5. The Hall–Kier alpha value is -1.34. The van der Waals surface area contributed by atoms with Gasteiger partial charge in [0.2, 0.25) is 0 Å². The van der Waals surface area contributed by atoms with Crippen LogP contribution in [-0.4, -0.2) is 25.3 Å². The van der Waals surface area contributed by atoms with Crippen molar-refractivity contribution in [2.75, 3.05) is 13.7 Å². The molecule has 0 saturated carbocycles. The van der Waals surface area contributed by atoms with Crippen molar-refractivity contribution in [3.63, 3.8) is 0 Å². The molecular weight excluding hydrogens is 218 g/mol. The Balaban J connectivity index is 3.02. The van der Waals surface area contributed by atoms with Gasteiger partial charge in [0.25, 0.3) is 0 Å². The minimum Gasteiger partial charge on any atom is -0.465 e. The van der Waals surface area contributed by atoms with Crippen LogP contribution in [0.25, 0.3) is 0 Å². The fraction of sp³-hybridized carbons (Fsp3) is 0.692. The van der Waals surface area contributed by atoms with E-state index in [2.05, 4.69) is 18.6 Å². The lowest BCUT2D eigenvalue weighted by atomic mass is 9.84. The summed E-state index contributed by atoms with van der Waals surface area (Å²) in [6, 6.07) is 1.96. The number of esters is 1. The highest BCUT2D eigenvalue weighted by Crippen LogP contribution is 2.35. The van der Waals surface area contributed by atoms with Crippen molar-refractivity contribution in [2.24, 2.45) is 0 Å². The number of carbonyl (C=O) groups excluding carboxylic acids is 1. The van der Waals surface area contributed by atoms with Crippen LogP contribution in [-0.2, 0) is 14.3 Å². The summed E-state index contributed by atoms with van der Waals surface area (Å²) in [6.07, 6.45) is 3.05. The molecule has 4 nitrogen and oxygen atoms in total. The summed E-state index contributed by atoms with van der Waals surface area (Å²) >= 11 is 0. The zero-order valence-corrected chi connectivity index (χ0v) is 10.7. The summed E-state index contributed by atoms with van der Waals surface area (Å²) in [5.41, 5.74) is 0.806. The molecule has 17 heavy (non-hydrogen) atoms. The number of nitrogens with zero attached hydrogens (tertiary/aromatic N) is 1. The van der Waals surface area contributed by atoms with Crippen LogP contribution in [0.1, 0.15) is 39.5 Å². The predicted molar refractivity (Wildman–Crippen MR) is 63.2 cm³/mol. The van der Waals surface area contributed by atoms with E-state index in [9.17, 15) is 4.79 Å². The van der Waals surface area contributed by atoms with Crippen molar-refractivity contribution in [1.29, 1.82) is 5.26 Å². The summed E-state index contributed by atoms with van der Waals surface area (Å²) in [5, 5.41) is 9.05. The van der Waals surface area contributed by atoms with E-state index >= 15 is 0 Å². The van der Waals surface area contributed by atoms with Gasteiger partial charge in [0, 0.05) is 0 Å². The second kappa shape index (κ2) is 5.83. The van der Waals surface area contributed by atoms with Crippen LogP contribution >= 0.6 is 0 Å². The van der Waals surface area contributed by atoms with Gasteiger partial charge in [-0.1, -0.05) is 13.8 Å². The Kier molecular flexibility index (Phi) is 4.71. The van der Waals surface area contributed by atoms with Gasteiger partial charge in [-0.2, -0.15) is 5.26 Å². The van der Waals surface area contributed by atoms with E-state index < -0.39 is 5.97 Å². The zero-order chi connectivity index (χ0) is 12.9. The number of hydrogen-bond acceptors (Lipinski definition) is 4. The van der Waals surface area contributed by atoms with Gasteiger partial charge in [-0.25, -0.2) is 4.79 Å². The molecule has 1 fully saturated rings. The van der Waals surface area contributed by atoms with Gasteiger partial charge in [0.15, 0.2) is 0 Å². The number of ether oxygens (including phenoxy) is 2. The maximum Gasteiger partial charge on any atom is 0.348 e. The molecule has 1 aliphatic rings. The molecule has 4 heteroatoms. The van der Waals surface area contributed by atoms with E-state index in [0.717, 1.165) is 18.4 Å². The lowest BCUT2D eigenvalue weighted by molar-refractivity contribution is -0.135. The van der Waals surface area contributed by atoms with Gasteiger partial charge in [-0.3, -0.25) is 0 Å². The van der Waals surface area contributed by atoms with Gasteiger partial charge in [-0.05, 0) is 31.3 Å². The number of carbonyl (C=O) groups is 1. The van der Waals surface area contributed by atoms with Crippen molar-refractivity contribution >= 4 is 5.97 Å². The van der Waals surface area contributed by atoms with Gasteiger partial charge < -0.3 is 9.47 Å². The van der Waals surface area contributed by atoms with E-state index in [-0.39, 0.29) is 11.2 Å². The maximum atomic E-state index is 11.5. The smallest absolute Gasteiger partial charge is 0.348 e. The fourth-order valence-electron chi connectivity index (χ4n) is 2.21. The highest BCUT2D eigenvalue weighted by atomic mass is 16.5. The van der Waals surface area contributed by atoms with Crippen LogP contribution in [0.4, 0.5) is 0 Å². The molecule has 1 rings (SSSR count). The lowest BCUT2D eigenvalue weighted by Gasteiger charge is -2.37. The maximum absolute atomic E-state index is 11.5. The van der Waals surface area contributed by atoms with E-state index in [1.807, 2.05) is 6.07 Å². The normalized spacial score (nSPS) is 21.5. The van der Waals surface area contributed by atoms with Crippen molar-refractivity contribution in [3.05, 3.63) is 11.1 Å². The zero-order valence-electron chi connectivity index (χ0n) is 10.7. The van der Waals surface area contributed by atoms with Crippen LogP contribution < -0.4 is 0 Å². The SMILES string of the molecule is CCC1(CC)C/C(=C(/C#N)C(=O)OC)CCO1. The minimum absolute atomic E-state index is 0.155. The molecule has 0 aromatic heterocycles. The van der Waals surface area contributed by atoms with Crippen molar-refractivity contribution in [1.82, 2.24) is 0 Å². The average molecular weight is 237 g/mol. The van der Waals surface area contributed by atoms with Gasteiger partial charge in [0.05, 0.1) is 19.3 Å². The molecule has 0 aromatic rings. The Labute approximate surface area is 102 Å². The Morgan fingerprint density at radius 2 is 2.18 bits per heavy atom. The number of methoxy groups -OCH3 is 1. The third kappa shape index (κ3) is 2.86. The number of hydrogen-bond donors (Lipinski definition) is 0. The molecule has 1 aliphatic heterocycles. The summed E-state index contributed by atoms with van der Waals surface area (Å²) in [7, 11) is 1.30. The first-order valence-corrected chi connectivity index (χ1v) is 5.96. The highest BCUT2D eigenvalue weighted by Gasteiger charge is 2.34. The van der Waals surface area contributed by atoms with Crippen LogP contribution in [0, 0.1) is 11.3 Å². The first-order valence-electron chi connectivity index (χ1n) is 5.96. The van der Waals surface area contributed by atoms with E-state index in [0.29, 0.717) is 19.4 Å². The summed E-state index contributed by atoms with van der Waals surface area (Å²) in [5.74, 6) is -0.537. The topological polar surface area (TPSA) is 59.3 Å². The first kappa shape index (κ1) is 13.7. The van der Waals surface area contributed by atoms with Gasteiger partial charge in [-0.15, -0.1) is 0 Å². The van der Waals surface area contributed by atoms with E-state index in [4.69, 9.17) is 10.00 Å². The molecule has 0 aliphatic carbocycles. The second-order valence-corrected chi connectivity index (χ2v) is 4.25. The second-order valence-electron chi connectivity index (χ2n) is 4.25. The van der Waals surface area contributed by atoms with Gasteiger partial charge in [0.1, 0.15) is 11.6 Å². The Morgan fingerprint density at radius 3 is 2.65 bits per heavy atom. The van der Waals surface area contributed by atoms with E-state index in [1.165, 1.54) is 7.11 Å². The third-order valence-corrected chi connectivity index (χ3v) is 3.49. The summed E-state index contributed by atoms with van der Waals surface area (Å²) < 4.78 is 10.4. The van der Waals surface area contributed by atoms with Crippen LogP contribution in [0.5, 0.6) is 0 Å². The molecule has 0 aromatic carbocycles. The molecular formula is C13H19NO3. The molecule has 0 atom stereocenters. The van der Waals surface area contributed by atoms with Crippen molar-refractivity contribution < 1.29 is 14.3 Å². The van der Waals surface area contributed by atoms with Crippen molar-refractivity contribution in [2.45, 2.75) is 45.1 Å². The Bertz CT molecular complexity index is 361. The molecule has 0 amide bonds. The van der Waals surface area contributed by atoms with Crippen LogP contribution in [0.3, 0.4) is 0 Å². The van der Waals surface area contributed by atoms with Crippen LogP contribution in [0.15, 0.2) is 11.1 Å². The van der Waals surface area contributed by atoms with Crippen LogP contribution in [0.2, 0.25) is 0 Å². The quantitative estimate of drug-likeness (QED) is 0.429. The fourth-order valence-corrected chi connectivity index (χ4v) is 2.21. The third-order valence-electron chi connectivity index (χ3n) is 3.49. The highest BCUT2D eigenvalue weighted by molar-refractivity contribution is 5.93. The average Bonchev–Trinajstić information content (AvgIpc) is 2.39. The molecule has 0 unspecified atom stereocenters. The minimum atomic E-state index is -0.537. The van der Waals surface area contributed by atoms with Gasteiger partial charge >= 0.3 is 5.97 Å². The molecule has 0 spiro atoms. The largest absolute Gasteiger partial charge is 0.465 e. The molecule has 0 bridgehead atoms. The molecule has 94 valence electrons.